The maximum atomic E-state index is 11.2. The first-order chi connectivity index (χ1) is 10.1. The van der Waals surface area contributed by atoms with Crippen LogP contribution >= 0.6 is 0 Å². The molecule has 0 fully saturated rings. The molecule has 0 saturated carbocycles. The molecule has 110 valence electrons. The fraction of sp³-hybridized carbons (Fsp3) is 0.125. The predicted molar refractivity (Wildman–Crippen MR) is 79.4 cm³/mol. The third-order valence-corrected chi connectivity index (χ3v) is 2.42. The van der Waals surface area contributed by atoms with Gasteiger partial charge in [0.15, 0.2) is 0 Å². The molecule has 2 aromatic carbocycles. The van der Waals surface area contributed by atoms with E-state index in [2.05, 4.69) is 5.32 Å². The quantitative estimate of drug-likeness (QED) is 0.904. The van der Waals surface area contributed by atoms with Crippen molar-refractivity contribution in [1.82, 2.24) is 5.32 Å². The summed E-state index contributed by atoms with van der Waals surface area (Å²) in [6.07, 6.45) is 0. The van der Waals surface area contributed by atoms with Gasteiger partial charge in [0.25, 0.3) is 5.91 Å². The van der Waals surface area contributed by atoms with E-state index >= 15 is 0 Å². The summed E-state index contributed by atoms with van der Waals surface area (Å²) >= 11 is 0. The van der Waals surface area contributed by atoms with E-state index in [1.165, 1.54) is 0 Å². The monoisotopic (exact) mass is 287 g/mol. The number of amides is 1. The fourth-order valence-electron chi connectivity index (χ4n) is 1.40. The second-order valence-electron chi connectivity index (χ2n) is 3.96. The Morgan fingerprint density at radius 2 is 1.52 bits per heavy atom. The number of methoxy groups -OCH3 is 1. The minimum absolute atomic E-state index is 0.353. The first-order valence-electron chi connectivity index (χ1n) is 6.27. The number of carbonyl (C=O) groups is 2. The van der Waals surface area contributed by atoms with Crippen molar-refractivity contribution in [2.45, 2.75) is 0 Å². The molecule has 1 amide bonds. The van der Waals surface area contributed by atoms with Crippen LogP contribution in [0.3, 0.4) is 0 Å². The van der Waals surface area contributed by atoms with E-state index in [1.807, 2.05) is 30.3 Å². The van der Waals surface area contributed by atoms with Crippen LogP contribution in [0, 0.1) is 0 Å². The molecule has 2 N–H and O–H groups in total. The fourth-order valence-corrected chi connectivity index (χ4v) is 1.40. The van der Waals surface area contributed by atoms with Gasteiger partial charge in [-0.3, -0.25) is 9.59 Å². The molecule has 2 rings (SSSR count). The Hall–Kier alpha value is -2.82. The number of hydrogen-bond donors (Lipinski definition) is 2. The molecule has 0 bridgehead atoms. The number of benzene rings is 2. The van der Waals surface area contributed by atoms with Gasteiger partial charge in [0.05, 0.1) is 7.11 Å². The Balaban J connectivity index is 0.000000235. The predicted octanol–water partition coefficient (Wildman–Crippen LogP) is 2.20. The molecular weight excluding hydrogens is 270 g/mol. The first kappa shape index (κ1) is 16.2. The van der Waals surface area contributed by atoms with Crippen molar-refractivity contribution in [3.8, 4) is 5.75 Å². The summed E-state index contributed by atoms with van der Waals surface area (Å²) < 4.78 is 4.91. The summed E-state index contributed by atoms with van der Waals surface area (Å²) in [5, 5.41) is 10.6. The maximum Gasteiger partial charge on any atom is 0.322 e. The lowest BCUT2D eigenvalue weighted by molar-refractivity contribution is -0.135. The van der Waals surface area contributed by atoms with Crippen LogP contribution in [0.25, 0.3) is 0 Å². The second kappa shape index (κ2) is 9.14. The largest absolute Gasteiger partial charge is 0.497 e. The van der Waals surface area contributed by atoms with Gasteiger partial charge >= 0.3 is 5.97 Å². The van der Waals surface area contributed by atoms with Crippen LogP contribution in [0.1, 0.15) is 10.4 Å². The van der Waals surface area contributed by atoms with Crippen molar-refractivity contribution >= 4 is 11.9 Å². The van der Waals surface area contributed by atoms with E-state index in [9.17, 15) is 9.59 Å². The number of hydrogen-bond acceptors (Lipinski definition) is 3. The minimum atomic E-state index is -1.05. The standard InChI is InChI=1S/C9H9NO3.C7H8O/c11-8(12)6-10-9(13)7-4-2-1-3-5-7;1-8-7-5-3-2-4-6-7/h1-5H,6H2,(H,10,13)(H,11,12);2-6H,1H3. The minimum Gasteiger partial charge on any atom is -0.497 e. The molecule has 0 radical (unpaired) electrons. The van der Waals surface area contributed by atoms with E-state index in [-0.39, 0.29) is 12.5 Å². The number of carbonyl (C=O) groups excluding carboxylic acids is 1. The molecule has 0 spiro atoms. The third-order valence-electron chi connectivity index (χ3n) is 2.42. The van der Waals surface area contributed by atoms with Crippen LogP contribution in [0.5, 0.6) is 5.75 Å². The lowest BCUT2D eigenvalue weighted by Gasteiger charge is -2.00. The zero-order chi connectivity index (χ0) is 15.5. The number of carboxylic acid groups (broad SMARTS) is 1. The van der Waals surface area contributed by atoms with Crippen molar-refractivity contribution in [2.24, 2.45) is 0 Å². The highest BCUT2D eigenvalue weighted by Gasteiger charge is 2.04. The van der Waals surface area contributed by atoms with E-state index in [0.29, 0.717) is 5.56 Å². The molecule has 0 aliphatic carbocycles. The van der Waals surface area contributed by atoms with Gasteiger partial charge in [-0.25, -0.2) is 0 Å². The summed E-state index contributed by atoms with van der Waals surface area (Å²) in [5.41, 5.74) is 0.462. The maximum absolute atomic E-state index is 11.2. The summed E-state index contributed by atoms with van der Waals surface area (Å²) in [7, 11) is 1.66. The highest BCUT2D eigenvalue weighted by molar-refractivity contribution is 5.95. The molecule has 0 heterocycles. The van der Waals surface area contributed by atoms with Gasteiger partial charge in [0.2, 0.25) is 0 Å². The molecule has 0 aromatic heterocycles. The van der Waals surface area contributed by atoms with Gasteiger partial charge in [-0.1, -0.05) is 36.4 Å². The van der Waals surface area contributed by atoms with Crippen LogP contribution in [0.2, 0.25) is 0 Å². The molecule has 2 aromatic rings. The Kier molecular flexibility index (Phi) is 7.07. The molecule has 0 saturated heterocycles. The number of ether oxygens (including phenoxy) is 1. The Bertz CT molecular complexity index is 555. The van der Waals surface area contributed by atoms with E-state index in [0.717, 1.165) is 5.75 Å². The summed E-state index contributed by atoms with van der Waals surface area (Å²) in [4.78, 5) is 21.3. The van der Waals surface area contributed by atoms with Gasteiger partial charge in [-0.15, -0.1) is 0 Å². The van der Waals surface area contributed by atoms with Gasteiger partial charge in [-0.2, -0.15) is 0 Å². The van der Waals surface area contributed by atoms with Crippen molar-refractivity contribution in [3.05, 3.63) is 66.2 Å². The molecule has 21 heavy (non-hydrogen) atoms. The first-order valence-corrected chi connectivity index (χ1v) is 6.27. The van der Waals surface area contributed by atoms with E-state index in [1.54, 1.807) is 37.4 Å². The molecule has 0 atom stereocenters. The van der Waals surface area contributed by atoms with Gasteiger partial charge in [0.1, 0.15) is 12.3 Å². The van der Waals surface area contributed by atoms with Crippen LogP contribution in [-0.4, -0.2) is 30.6 Å². The molecular formula is C16H17NO4. The Labute approximate surface area is 123 Å². The molecule has 0 aliphatic rings. The number of carboxylic acids is 1. The van der Waals surface area contributed by atoms with Crippen LogP contribution < -0.4 is 10.1 Å². The zero-order valence-electron chi connectivity index (χ0n) is 11.7. The molecule has 0 unspecified atom stereocenters. The number of para-hydroxylation sites is 1. The highest BCUT2D eigenvalue weighted by Crippen LogP contribution is 2.05. The van der Waals surface area contributed by atoms with Crippen molar-refractivity contribution in [3.63, 3.8) is 0 Å². The van der Waals surface area contributed by atoms with Crippen molar-refractivity contribution < 1.29 is 19.4 Å². The molecule has 5 heteroatoms. The SMILES string of the molecule is COc1ccccc1.O=C(O)CNC(=O)c1ccccc1. The second-order valence-corrected chi connectivity index (χ2v) is 3.96. The topological polar surface area (TPSA) is 75.6 Å². The van der Waals surface area contributed by atoms with Crippen LogP contribution in [-0.2, 0) is 4.79 Å². The van der Waals surface area contributed by atoms with Gasteiger partial charge < -0.3 is 15.2 Å². The average molecular weight is 287 g/mol. The normalized spacial score (nSPS) is 9.00. The Morgan fingerprint density at radius 3 is 1.95 bits per heavy atom. The summed E-state index contributed by atoms with van der Waals surface area (Å²) in [6.45, 7) is -0.353. The lowest BCUT2D eigenvalue weighted by atomic mass is 10.2. The molecule has 0 aliphatic heterocycles. The van der Waals surface area contributed by atoms with Crippen LogP contribution in [0.15, 0.2) is 60.7 Å². The number of rotatable bonds is 4. The van der Waals surface area contributed by atoms with Gasteiger partial charge in [-0.05, 0) is 24.3 Å². The van der Waals surface area contributed by atoms with Gasteiger partial charge in [0, 0.05) is 5.56 Å². The lowest BCUT2D eigenvalue weighted by Crippen LogP contribution is -2.29. The van der Waals surface area contributed by atoms with Crippen molar-refractivity contribution in [2.75, 3.05) is 13.7 Å². The number of aliphatic carboxylic acids is 1. The molecule has 5 nitrogen and oxygen atoms in total. The average Bonchev–Trinajstić information content (AvgIpc) is 2.54. The Morgan fingerprint density at radius 1 is 1.00 bits per heavy atom. The zero-order valence-corrected chi connectivity index (χ0v) is 11.7. The smallest absolute Gasteiger partial charge is 0.322 e. The highest BCUT2D eigenvalue weighted by atomic mass is 16.5. The summed E-state index contributed by atoms with van der Waals surface area (Å²) in [6, 6.07) is 18.1. The van der Waals surface area contributed by atoms with Crippen LogP contribution in [0.4, 0.5) is 0 Å². The number of nitrogens with one attached hydrogen (secondary N) is 1. The van der Waals surface area contributed by atoms with E-state index in [4.69, 9.17) is 9.84 Å². The summed E-state index contributed by atoms with van der Waals surface area (Å²) in [5.74, 6) is -0.514. The van der Waals surface area contributed by atoms with E-state index < -0.39 is 5.97 Å². The third kappa shape index (κ3) is 6.77. The van der Waals surface area contributed by atoms with Crippen molar-refractivity contribution in [1.29, 1.82) is 0 Å².